The van der Waals surface area contributed by atoms with Gasteiger partial charge in [0, 0.05) is 24.6 Å². The van der Waals surface area contributed by atoms with Gasteiger partial charge >= 0.3 is 0 Å². The zero-order chi connectivity index (χ0) is 10.4. The van der Waals surface area contributed by atoms with E-state index in [1.807, 2.05) is 6.07 Å². The molecule has 1 N–H and O–H groups in total. The lowest BCUT2D eigenvalue weighted by Crippen LogP contribution is -2.22. The quantitative estimate of drug-likeness (QED) is 0.815. The summed E-state index contributed by atoms with van der Waals surface area (Å²) < 4.78 is 0.859. The van der Waals surface area contributed by atoms with Gasteiger partial charge in [0.1, 0.15) is 0 Å². The number of aliphatic hydroxyl groups is 1. The van der Waals surface area contributed by atoms with E-state index in [4.69, 9.17) is 16.7 Å². The van der Waals surface area contributed by atoms with Crippen LogP contribution in [-0.4, -0.2) is 36.8 Å². The molecule has 0 aliphatic carbocycles. The Morgan fingerprint density at radius 3 is 2.79 bits per heavy atom. The fraction of sp³-hybridized carbons (Fsp3) is 0.600. The Labute approximate surface area is 94.1 Å². The minimum Gasteiger partial charge on any atom is -0.396 e. The van der Waals surface area contributed by atoms with Gasteiger partial charge in [0.15, 0.2) is 0 Å². The van der Waals surface area contributed by atoms with Crippen LogP contribution >= 0.6 is 22.9 Å². The molecule has 0 unspecified atom stereocenters. The maximum atomic E-state index is 8.66. The molecule has 1 rings (SSSR count). The lowest BCUT2D eigenvalue weighted by molar-refractivity contribution is 0.249. The summed E-state index contributed by atoms with van der Waals surface area (Å²) in [6, 6.07) is 4.02. The van der Waals surface area contributed by atoms with Crippen molar-refractivity contribution in [1.82, 2.24) is 4.90 Å². The number of thiophene rings is 1. The number of halogens is 1. The zero-order valence-electron chi connectivity index (χ0n) is 8.37. The Morgan fingerprint density at radius 2 is 2.21 bits per heavy atom. The molecule has 4 heteroatoms. The first-order valence-corrected chi connectivity index (χ1v) is 5.95. The van der Waals surface area contributed by atoms with Gasteiger partial charge in [-0.1, -0.05) is 11.6 Å². The minimum atomic E-state index is 0.273. The van der Waals surface area contributed by atoms with Crippen LogP contribution < -0.4 is 0 Å². The molecular weight excluding hydrogens is 218 g/mol. The Balaban J connectivity index is 2.20. The first-order chi connectivity index (χ1) is 6.72. The van der Waals surface area contributed by atoms with Crippen LogP contribution in [0.4, 0.5) is 0 Å². The summed E-state index contributed by atoms with van der Waals surface area (Å²) in [4.78, 5) is 3.55. The maximum absolute atomic E-state index is 8.66. The fourth-order valence-corrected chi connectivity index (χ4v) is 2.32. The molecule has 0 aliphatic heterocycles. The van der Waals surface area contributed by atoms with Gasteiger partial charge in [0.05, 0.1) is 4.34 Å². The summed E-state index contributed by atoms with van der Waals surface area (Å²) in [6.45, 7) is 2.25. The Hall–Kier alpha value is -0.0900. The topological polar surface area (TPSA) is 23.5 Å². The summed E-state index contributed by atoms with van der Waals surface area (Å²) in [5.41, 5.74) is 0. The highest BCUT2D eigenvalue weighted by Gasteiger charge is 2.01. The van der Waals surface area contributed by atoms with Crippen molar-refractivity contribution in [2.75, 3.05) is 26.7 Å². The van der Waals surface area contributed by atoms with E-state index < -0.39 is 0 Å². The lowest BCUT2D eigenvalue weighted by Gasteiger charge is -2.14. The van der Waals surface area contributed by atoms with Crippen LogP contribution in [0.5, 0.6) is 0 Å². The monoisotopic (exact) mass is 233 g/mol. The molecule has 0 spiro atoms. The lowest BCUT2D eigenvalue weighted by atomic mass is 10.3. The van der Waals surface area contributed by atoms with Gasteiger partial charge in [-0.25, -0.2) is 0 Å². The molecular formula is C10H16ClNOS. The third-order valence-electron chi connectivity index (χ3n) is 2.07. The van der Waals surface area contributed by atoms with Crippen molar-refractivity contribution in [3.63, 3.8) is 0 Å². The SMILES string of the molecule is CN(CCCO)CCc1ccc(Cl)s1. The molecule has 1 heterocycles. The summed E-state index contributed by atoms with van der Waals surface area (Å²) in [6.07, 6.45) is 1.89. The summed E-state index contributed by atoms with van der Waals surface area (Å²) in [7, 11) is 2.07. The molecule has 0 saturated heterocycles. The molecule has 0 amide bonds. The van der Waals surface area contributed by atoms with Gasteiger partial charge in [-0.15, -0.1) is 11.3 Å². The van der Waals surface area contributed by atoms with Gasteiger partial charge in [-0.3, -0.25) is 0 Å². The molecule has 1 aromatic heterocycles. The van der Waals surface area contributed by atoms with Gasteiger partial charge < -0.3 is 10.0 Å². The fourth-order valence-electron chi connectivity index (χ4n) is 1.24. The zero-order valence-corrected chi connectivity index (χ0v) is 9.94. The van der Waals surface area contributed by atoms with Crippen LogP contribution in [0.1, 0.15) is 11.3 Å². The van der Waals surface area contributed by atoms with E-state index in [9.17, 15) is 0 Å². The van der Waals surface area contributed by atoms with Crippen molar-refractivity contribution in [3.8, 4) is 0 Å². The van der Waals surface area contributed by atoms with Crippen molar-refractivity contribution in [2.45, 2.75) is 12.8 Å². The molecule has 1 aromatic rings. The molecule has 80 valence electrons. The van der Waals surface area contributed by atoms with Gasteiger partial charge in [0.25, 0.3) is 0 Å². The highest BCUT2D eigenvalue weighted by molar-refractivity contribution is 7.16. The summed E-state index contributed by atoms with van der Waals surface area (Å²) >= 11 is 7.47. The second-order valence-electron chi connectivity index (χ2n) is 3.34. The maximum Gasteiger partial charge on any atom is 0.0931 e. The van der Waals surface area contributed by atoms with Crippen molar-refractivity contribution in [3.05, 3.63) is 21.3 Å². The Morgan fingerprint density at radius 1 is 1.43 bits per heavy atom. The van der Waals surface area contributed by atoms with E-state index in [1.165, 1.54) is 4.88 Å². The second kappa shape index (κ2) is 6.40. The van der Waals surface area contributed by atoms with E-state index in [0.717, 1.165) is 30.3 Å². The highest BCUT2D eigenvalue weighted by atomic mass is 35.5. The van der Waals surface area contributed by atoms with Crippen molar-refractivity contribution < 1.29 is 5.11 Å². The molecule has 2 nitrogen and oxygen atoms in total. The first kappa shape index (κ1) is 12.0. The summed E-state index contributed by atoms with van der Waals surface area (Å²) in [5.74, 6) is 0. The highest BCUT2D eigenvalue weighted by Crippen LogP contribution is 2.21. The van der Waals surface area contributed by atoms with Gasteiger partial charge in [-0.05, 0) is 32.0 Å². The van der Waals surface area contributed by atoms with Gasteiger partial charge in [0.2, 0.25) is 0 Å². The predicted octanol–water partition coefficient (Wildman–Crippen LogP) is 2.26. The third kappa shape index (κ3) is 4.42. The number of likely N-dealkylation sites (N-methyl/N-ethyl adjacent to an activating group) is 1. The number of rotatable bonds is 6. The molecule has 0 saturated carbocycles. The van der Waals surface area contributed by atoms with Gasteiger partial charge in [-0.2, -0.15) is 0 Å². The number of hydrogen-bond acceptors (Lipinski definition) is 3. The predicted molar refractivity (Wildman–Crippen MR) is 62.2 cm³/mol. The average Bonchev–Trinajstić information content (AvgIpc) is 2.58. The van der Waals surface area contributed by atoms with Crippen LogP contribution in [0.3, 0.4) is 0 Å². The molecule has 14 heavy (non-hydrogen) atoms. The van der Waals surface area contributed by atoms with E-state index in [1.54, 1.807) is 11.3 Å². The van der Waals surface area contributed by atoms with E-state index in [-0.39, 0.29) is 6.61 Å². The standard InChI is InChI=1S/C10H16ClNOS/c1-12(6-2-8-13)7-5-9-3-4-10(11)14-9/h3-4,13H,2,5-8H2,1H3. The van der Waals surface area contributed by atoms with E-state index >= 15 is 0 Å². The summed E-state index contributed by atoms with van der Waals surface area (Å²) in [5, 5.41) is 8.66. The average molecular weight is 234 g/mol. The number of aliphatic hydroxyl groups excluding tert-OH is 1. The minimum absolute atomic E-state index is 0.273. The normalized spacial score (nSPS) is 11.1. The van der Waals surface area contributed by atoms with Crippen LogP contribution in [0.25, 0.3) is 0 Å². The van der Waals surface area contributed by atoms with Crippen LogP contribution in [0.15, 0.2) is 12.1 Å². The van der Waals surface area contributed by atoms with Crippen LogP contribution in [0.2, 0.25) is 4.34 Å². The molecule has 0 aromatic carbocycles. The van der Waals surface area contributed by atoms with E-state index in [0.29, 0.717) is 0 Å². The molecule has 0 aliphatic rings. The smallest absolute Gasteiger partial charge is 0.0931 e. The second-order valence-corrected chi connectivity index (χ2v) is 5.14. The molecule has 0 fully saturated rings. The molecule has 0 atom stereocenters. The number of nitrogens with zero attached hydrogens (tertiary/aromatic N) is 1. The number of hydrogen-bond donors (Lipinski definition) is 1. The largest absolute Gasteiger partial charge is 0.396 e. The van der Waals surface area contributed by atoms with Crippen molar-refractivity contribution in [2.24, 2.45) is 0 Å². The third-order valence-corrected chi connectivity index (χ3v) is 3.36. The Kier molecular flexibility index (Phi) is 5.48. The Bertz CT molecular complexity index is 264. The van der Waals surface area contributed by atoms with Crippen LogP contribution in [0, 0.1) is 0 Å². The van der Waals surface area contributed by atoms with Crippen molar-refractivity contribution >= 4 is 22.9 Å². The van der Waals surface area contributed by atoms with Crippen molar-refractivity contribution in [1.29, 1.82) is 0 Å². The molecule has 0 radical (unpaired) electrons. The molecule has 0 bridgehead atoms. The first-order valence-electron chi connectivity index (χ1n) is 4.76. The van der Waals surface area contributed by atoms with Crippen LogP contribution in [-0.2, 0) is 6.42 Å². The van der Waals surface area contributed by atoms with E-state index in [2.05, 4.69) is 18.0 Å².